The van der Waals surface area contributed by atoms with E-state index in [4.69, 9.17) is 4.74 Å². The van der Waals surface area contributed by atoms with E-state index in [1.807, 2.05) is 22.8 Å². The summed E-state index contributed by atoms with van der Waals surface area (Å²) in [6, 6.07) is 10.2. The van der Waals surface area contributed by atoms with Gasteiger partial charge in [0.15, 0.2) is 5.82 Å². The highest BCUT2D eigenvalue weighted by molar-refractivity contribution is 5.94. The van der Waals surface area contributed by atoms with Crippen molar-refractivity contribution in [1.82, 2.24) is 25.0 Å². The predicted molar refractivity (Wildman–Crippen MR) is 123 cm³/mol. The Morgan fingerprint density at radius 3 is 2.85 bits per heavy atom. The molecule has 4 rings (SSSR count). The summed E-state index contributed by atoms with van der Waals surface area (Å²) in [4.78, 5) is 14.8. The number of carbonyl (C=O) groups excluding carboxylic acids is 1. The second-order valence-electron chi connectivity index (χ2n) is 8.18. The molecule has 9 heteroatoms. The average Bonchev–Trinajstić information content (AvgIpc) is 3.14. The highest BCUT2D eigenvalue weighted by Gasteiger charge is 2.24. The van der Waals surface area contributed by atoms with E-state index in [1.54, 1.807) is 13.0 Å². The Hall–Kier alpha value is -3.59. The van der Waals surface area contributed by atoms with Crippen molar-refractivity contribution < 1.29 is 18.3 Å². The molecule has 0 spiro atoms. The Morgan fingerprint density at radius 2 is 2.03 bits per heavy atom. The molecule has 2 heterocycles. The van der Waals surface area contributed by atoms with Gasteiger partial charge in [-0.1, -0.05) is 30.9 Å². The van der Waals surface area contributed by atoms with Gasteiger partial charge < -0.3 is 14.6 Å². The molecule has 178 valence electrons. The number of ether oxygens (including phenoxy) is 1. The molecule has 2 aromatic carbocycles. The van der Waals surface area contributed by atoms with E-state index >= 15 is 0 Å². The first kappa shape index (κ1) is 23.6. The number of nitrogens with zero attached hydrogens (tertiary/aromatic N) is 4. The molecule has 0 bridgehead atoms. The molecule has 0 radical (unpaired) electrons. The number of aromatic nitrogens is 3. The average molecular weight is 468 g/mol. The second kappa shape index (κ2) is 10.6. The molecule has 1 amide bonds. The van der Waals surface area contributed by atoms with Crippen LogP contribution >= 0.6 is 0 Å². The van der Waals surface area contributed by atoms with E-state index in [-0.39, 0.29) is 5.56 Å². The monoisotopic (exact) mass is 467 g/mol. The molecular weight excluding hydrogens is 440 g/mol. The number of rotatable bonds is 8. The fourth-order valence-corrected chi connectivity index (χ4v) is 4.04. The van der Waals surface area contributed by atoms with Crippen LogP contribution in [-0.2, 0) is 19.5 Å². The Balaban J connectivity index is 1.43. The van der Waals surface area contributed by atoms with Gasteiger partial charge in [-0.3, -0.25) is 9.69 Å². The van der Waals surface area contributed by atoms with E-state index in [9.17, 15) is 13.6 Å². The zero-order valence-electron chi connectivity index (χ0n) is 19.0. The summed E-state index contributed by atoms with van der Waals surface area (Å²) in [6.07, 6.45) is 2.42. The highest BCUT2D eigenvalue weighted by Crippen LogP contribution is 2.22. The second-order valence-corrected chi connectivity index (χ2v) is 8.18. The van der Waals surface area contributed by atoms with Crippen LogP contribution in [-0.4, -0.2) is 45.3 Å². The van der Waals surface area contributed by atoms with Crippen LogP contribution < -0.4 is 10.1 Å². The van der Waals surface area contributed by atoms with Crippen LogP contribution in [0.2, 0.25) is 0 Å². The van der Waals surface area contributed by atoms with Gasteiger partial charge in [0.25, 0.3) is 5.91 Å². The summed E-state index contributed by atoms with van der Waals surface area (Å²) < 4.78 is 35.2. The van der Waals surface area contributed by atoms with Crippen molar-refractivity contribution in [1.29, 1.82) is 0 Å². The molecular formula is C25H27F2N5O2. The summed E-state index contributed by atoms with van der Waals surface area (Å²) in [5.41, 5.74) is 0.756. The number of carbonyl (C=O) groups is 1. The van der Waals surface area contributed by atoms with Gasteiger partial charge in [0, 0.05) is 38.2 Å². The largest absolute Gasteiger partial charge is 0.489 e. The quantitative estimate of drug-likeness (QED) is 0.512. The van der Waals surface area contributed by atoms with Gasteiger partial charge in [0.2, 0.25) is 0 Å². The van der Waals surface area contributed by atoms with E-state index < -0.39 is 23.6 Å². The third-order valence-electron chi connectivity index (χ3n) is 5.78. The van der Waals surface area contributed by atoms with Crippen molar-refractivity contribution >= 4 is 5.91 Å². The number of nitrogens with one attached hydrogen (secondary N) is 1. The first-order chi connectivity index (χ1) is 16.5. The van der Waals surface area contributed by atoms with Crippen molar-refractivity contribution in [3.63, 3.8) is 0 Å². The van der Waals surface area contributed by atoms with Gasteiger partial charge in [-0.2, -0.15) is 0 Å². The molecule has 7 nitrogen and oxygen atoms in total. The number of hydrogen-bond donors (Lipinski definition) is 1. The van der Waals surface area contributed by atoms with Gasteiger partial charge in [0.1, 0.15) is 29.8 Å². The summed E-state index contributed by atoms with van der Waals surface area (Å²) >= 11 is 0. The van der Waals surface area contributed by atoms with Crippen LogP contribution in [0.4, 0.5) is 8.78 Å². The molecule has 1 aliphatic rings. The fraction of sp³-hybridized carbons (Fsp3) is 0.320. The Labute approximate surface area is 197 Å². The first-order valence-electron chi connectivity index (χ1n) is 11.2. The number of hydrogen-bond acceptors (Lipinski definition) is 5. The maximum absolute atomic E-state index is 14.0. The molecule has 0 fully saturated rings. The first-order valence-corrected chi connectivity index (χ1v) is 11.2. The number of halogens is 2. The zero-order chi connectivity index (χ0) is 24.1. The van der Waals surface area contributed by atoms with E-state index in [0.29, 0.717) is 25.4 Å². The lowest BCUT2D eigenvalue weighted by atomic mass is 10.1. The van der Waals surface area contributed by atoms with E-state index in [0.717, 1.165) is 55.0 Å². The Bertz CT molecular complexity index is 1180. The smallest absolute Gasteiger partial charge is 0.254 e. The molecule has 0 unspecified atom stereocenters. The number of amides is 1. The van der Waals surface area contributed by atoms with Crippen LogP contribution in [0.15, 0.2) is 55.1 Å². The maximum Gasteiger partial charge on any atom is 0.254 e. The molecule has 0 saturated carbocycles. The number of fused-ring (bicyclic) bond motifs is 1. The van der Waals surface area contributed by atoms with Crippen LogP contribution in [0, 0.1) is 11.6 Å². The van der Waals surface area contributed by atoms with E-state index in [2.05, 4.69) is 33.1 Å². The standard InChI is InChI=1S/C25H27F2N5O2/c1-3-14-34-22-7-5-4-6-18(22)16-31-11-10-23-29-30-24(32(23)13-12-31)17(2)28-25(33)20-15-19(26)8-9-21(20)27/h3-9,15,17H,1,10-14,16H2,2H3,(H,28,33)/t17-/m1/s1. The van der Waals surface area contributed by atoms with E-state index in [1.165, 1.54) is 0 Å². The summed E-state index contributed by atoms with van der Waals surface area (Å²) in [7, 11) is 0. The lowest BCUT2D eigenvalue weighted by molar-refractivity contribution is 0.0933. The normalized spacial score (nSPS) is 14.7. The lowest BCUT2D eigenvalue weighted by Gasteiger charge is -2.21. The van der Waals surface area contributed by atoms with Crippen LogP contribution in [0.5, 0.6) is 5.75 Å². The molecule has 34 heavy (non-hydrogen) atoms. The SMILES string of the molecule is C=CCOc1ccccc1CN1CCc2nnc([C@@H](C)NC(=O)c3cc(F)ccc3F)n2CC1. The maximum atomic E-state index is 14.0. The molecule has 1 N–H and O–H groups in total. The topological polar surface area (TPSA) is 72.3 Å². The van der Waals surface area contributed by atoms with Crippen molar-refractivity contribution in [3.05, 3.63) is 89.5 Å². The summed E-state index contributed by atoms with van der Waals surface area (Å²) in [5.74, 6) is 0.0932. The minimum atomic E-state index is -0.779. The minimum Gasteiger partial charge on any atom is -0.489 e. The van der Waals surface area contributed by atoms with Gasteiger partial charge in [-0.15, -0.1) is 10.2 Å². The third kappa shape index (κ3) is 5.31. The zero-order valence-corrected chi connectivity index (χ0v) is 19.0. The van der Waals surface area contributed by atoms with Crippen LogP contribution in [0.25, 0.3) is 0 Å². The van der Waals surface area contributed by atoms with Crippen LogP contribution in [0.3, 0.4) is 0 Å². The van der Waals surface area contributed by atoms with Crippen LogP contribution in [0.1, 0.15) is 40.5 Å². The van der Waals surface area contributed by atoms with Gasteiger partial charge in [0.05, 0.1) is 11.6 Å². The number of para-hydroxylation sites is 1. The molecule has 1 aliphatic heterocycles. The molecule has 1 atom stereocenters. The lowest BCUT2D eigenvalue weighted by Crippen LogP contribution is -2.30. The van der Waals surface area contributed by atoms with Crippen molar-refractivity contribution in [2.24, 2.45) is 0 Å². The van der Waals surface area contributed by atoms with Crippen molar-refractivity contribution in [2.75, 3.05) is 19.7 Å². The van der Waals surface area contributed by atoms with Crippen molar-refractivity contribution in [3.8, 4) is 5.75 Å². The van der Waals surface area contributed by atoms with Crippen molar-refractivity contribution in [2.45, 2.75) is 32.5 Å². The number of benzene rings is 2. The Morgan fingerprint density at radius 1 is 1.21 bits per heavy atom. The predicted octanol–water partition coefficient (Wildman–Crippen LogP) is 3.67. The Kier molecular flexibility index (Phi) is 7.32. The van der Waals surface area contributed by atoms with Gasteiger partial charge in [-0.05, 0) is 31.2 Å². The molecule has 3 aromatic rings. The summed E-state index contributed by atoms with van der Waals surface area (Å²) in [5, 5.41) is 11.3. The summed E-state index contributed by atoms with van der Waals surface area (Å²) in [6.45, 7) is 8.83. The van der Waals surface area contributed by atoms with Gasteiger partial charge in [-0.25, -0.2) is 8.78 Å². The molecule has 0 saturated heterocycles. The highest BCUT2D eigenvalue weighted by atomic mass is 19.1. The molecule has 1 aromatic heterocycles. The van der Waals surface area contributed by atoms with Gasteiger partial charge >= 0.3 is 0 Å². The third-order valence-corrected chi connectivity index (χ3v) is 5.78. The molecule has 0 aliphatic carbocycles. The minimum absolute atomic E-state index is 0.342. The fourth-order valence-electron chi connectivity index (χ4n) is 4.04.